The first-order valence-corrected chi connectivity index (χ1v) is 10.9. The Labute approximate surface area is 195 Å². The van der Waals surface area contributed by atoms with Crippen molar-refractivity contribution in [3.63, 3.8) is 0 Å². The molecule has 1 N–H and O–H groups in total. The third kappa shape index (κ3) is 4.26. The van der Waals surface area contributed by atoms with Crippen LogP contribution in [0.1, 0.15) is 37.7 Å². The van der Waals surface area contributed by atoms with E-state index in [4.69, 9.17) is 16.3 Å². The Balaban J connectivity index is 1.83. The van der Waals surface area contributed by atoms with Crippen LogP contribution in [-0.2, 0) is 9.59 Å². The molecule has 9 heteroatoms. The lowest BCUT2D eigenvalue weighted by atomic mass is 9.71. The van der Waals surface area contributed by atoms with Crippen molar-refractivity contribution in [3.8, 4) is 5.75 Å². The van der Waals surface area contributed by atoms with Crippen molar-refractivity contribution < 1.29 is 19.2 Å². The zero-order valence-corrected chi connectivity index (χ0v) is 18.9. The average molecular weight is 468 g/mol. The van der Waals surface area contributed by atoms with Gasteiger partial charge >= 0.3 is 0 Å². The molecule has 0 radical (unpaired) electrons. The number of nitro groups is 1. The van der Waals surface area contributed by atoms with Crippen molar-refractivity contribution in [2.24, 2.45) is 10.9 Å². The first-order valence-electron chi connectivity index (χ1n) is 10.5. The van der Waals surface area contributed by atoms with E-state index in [1.807, 2.05) is 0 Å². The number of Topliss-reactive ketones (excluding diaryl/α,β-unsaturated/α-hetero) is 1. The Bertz CT molecular complexity index is 1220. The smallest absolute Gasteiger partial charge is 0.288 e. The van der Waals surface area contributed by atoms with Crippen LogP contribution in [-0.4, -0.2) is 29.4 Å². The van der Waals surface area contributed by atoms with Gasteiger partial charge in [0, 0.05) is 35.4 Å². The maximum absolute atomic E-state index is 13.6. The highest BCUT2D eigenvalue weighted by molar-refractivity contribution is 6.32. The molecular weight excluding hydrogens is 446 g/mol. The van der Waals surface area contributed by atoms with E-state index in [0.717, 1.165) is 0 Å². The van der Waals surface area contributed by atoms with E-state index >= 15 is 0 Å². The van der Waals surface area contributed by atoms with Gasteiger partial charge in [-0.2, -0.15) is 0 Å². The Morgan fingerprint density at radius 2 is 2.00 bits per heavy atom. The largest absolute Gasteiger partial charge is 0.495 e. The molecule has 2 aliphatic rings. The van der Waals surface area contributed by atoms with E-state index in [9.17, 15) is 19.7 Å². The predicted molar refractivity (Wildman–Crippen MR) is 125 cm³/mol. The van der Waals surface area contributed by atoms with Gasteiger partial charge in [-0.05, 0) is 43.5 Å². The first-order chi connectivity index (χ1) is 15.8. The third-order valence-corrected chi connectivity index (χ3v) is 6.33. The molecular formula is C24H22ClN3O5. The SMILES string of the molecule is COc1ccccc1NC(=O)C1C(C)=NC2=C(C(=O)CCC2)[C@@H]1c1ccc(Cl)c([N+](=O)[O-])c1. The van der Waals surface area contributed by atoms with Crippen LogP contribution >= 0.6 is 11.6 Å². The second kappa shape index (κ2) is 9.15. The van der Waals surface area contributed by atoms with Gasteiger partial charge in [-0.25, -0.2) is 0 Å². The molecule has 170 valence electrons. The van der Waals surface area contributed by atoms with Crippen LogP contribution in [0.15, 0.2) is 58.7 Å². The number of benzene rings is 2. The number of methoxy groups -OCH3 is 1. The standard InChI is InChI=1S/C24H22ClN3O5/c1-13-21(24(30)27-16-6-3-4-9-20(16)33-2)22(23-17(26-13)7-5-8-19(23)29)14-10-11-15(25)18(12-14)28(31)32/h3-4,6,9-12,21-22H,5,7-8H2,1-2H3,(H,27,30)/t21?,22-/m1/s1. The summed E-state index contributed by atoms with van der Waals surface area (Å²) in [5.74, 6) is -1.53. The van der Waals surface area contributed by atoms with Crippen LogP contribution < -0.4 is 10.1 Å². The number of anilines is 1. The number of hydrogen-bond donors (Lipinski definition) is 1. The highest BCUT2D eigenvalue weighted by atomic mass is 35.5. The quantitative estimate of drug-likeness (QED) is 0.487. The summed E-state index contributed by atoms with van der Waals surface area (Å²) in [7, 11) is 1.51. The molecule has 1 amide bonds. The summed E-state index contributed by atoms with van der Waals surface area (Å²) >= 11 is 6.03. The Morgan fingerprint density at radius 1 is 1.24 bits per heavy atom. The fourth-order valence-corrected chi connectivity index (χ4v) is 4.71. The summed E-state index contributed by atoms with van der Waals surface area (Å²) < 4.78 is 5.33. The summed E-state index contributed by atoms with van der Waals surface area (Å²) in [6.07, 6.45) is 1.64. The van der Waals surface area contributed by atoms with Crippen molar-refractivity contribution in [2.75, 3.05) is 12.4 Å². The van der Waals surface area contributed by atoms with Crippen LogP contribution in [0.2, 0.25) is 5.02 Å². The summed E-state index contributed by atoms with van der Waals surface area (Å²) in [6.45, 7) is 1.74. The lowest BCUT2D eigenvalue weighted by Crippen LogP contribution is -2.39. The number of hydrogen-bond acceptors (Lipinski definition) is 6. The van der Waals surface area contributed by atoms with Crippen LogP contribution in [0.5, 0.6) is 5.75 Å². The summed E-state index contributed by atoms with van der Waals surface area (Å²) in [5, 5.41) is 14.4. The summed E-state index contributed by atoms with van der Waals surface area (Å²) in [5.41, 5.74) is 2.31. The lowest BCUT2D eigenvalue weighted by Gasteiger charge is -2.35. The third-order valence-electron chi connectivity index (χ3n) is 6.01. The molecule has 0 saturated heterocycles. The van der Waals surface area contributed by atoms with Crippen LogP contribution in [0.4, 0.5) is 11.4 Å². The highest BCUT2D eigenvalue weighted by Gasteiger charge is 2.43. The molecule has 8 nitrogen and oxygen atoms in total. The van der Waals surface area contributed by atoms with E-state index in [2.05, 4.69) is 10.3 Å². The minimum atomic E-state index is -0.837. The molecule has 1 aliphatic carbocycles. The molecule has 1 aliphatic heterocycles. The fraction of sp³-hybridized carbons (Fsp3) is 0.292. The number of para-hydroxylation sites is 2. The second-order valence-corrected chi connectivity index (χ2v) is 8.41. The van der Waals surface area contributed by atoms with E-state index in [1.54, 1.807) is 37.3 Å². The maximum atomic E-state index is 13.6. The zero-order chi connectivity index (χ0) is 23.7. The number of carbonyl (C=O) groups is 2. The summed E-state index contributed by atoms with van der Waals surface area (Å²) in [4.78, 5) is 42.1. The Hall–Kier alpha value is -3.52. The molecule has 1 heterocycles. The number of rotatable bonds is 5. The number of halogens is 1. The summed E-state index contributed by atoms with van der Waals surface area (Å²) in [6, 6.07) is 11.4. The monoisotopic (exact) mass is 467 g/mol. The number of aliphatic imine (C=N–C) groups is 1. The minimum Gasteiger partial charge on any atom is -0.495 e. The molecule has 2 aromatic carbocycles. The van der Waals surface area contributed by atoms with Crippen LogP contribution in [0.25, 0.3) is 0 Å². The predicted octanol–water partition coefficient (Wildman–Crippen LogP) is 5.08. The number of amides is 1. The van der Waals surface area contributed by atoms with Gasteiger partial charge in [0.2, 0.25) is 5.91 Å². The molecule has 4 rings (SSSR count). The molecule has 2 atom stereocenters. The number of nitrogens with zero attached hydrogens (tertiary/aromatic N) is 2. The van der Waals surface area contributed by atoms with Crippen molar-refractivity contribution in [3.05, 3.63) is 74.4 Å². The normalized spacial score (nSPS) is 20.1. The van der Waals surface area contributed by atoms with E-state index in [1.165, 1.54) is 19.2 Å². The van der Waals surface area contributed by atoms with Crippen LogP contribution in [0.3, 0.4) is 0 Å². The molecule has 0 saturated carbocycles. The van der Waals surface area contributed by atoms with E-state index in [-0.39, 0.29) is 22.4 Å². The molecule has 1 unspecified atom stereocenters. The minimum absolute atomic E-state index is 0.0101. The number of nitro benzene ring substituents is 1. The number of ether oxygens (including phenoxy) is 1. The number of carbonyl (C=O) groups excluding carboxylic acids is 2. The average Bonchev–Trinajstić information content (AvgIpc) is 2.78. The van der Waals surface area contributed by atoms with Crippen molar-refractivity contribution in [1.29, 1.82) is 0 Å². The van der Waals surface area contributed by atoms with Gasteiger partial charge in [0.1, 0.15) is 10.8 Å². The second-order valence-electron chi connectivity index (χ2n) is 8.00. The zero-order valence-electron chi connectivity index (χ0n) is 18.1. The maximum Gasteiger partial charge on any atom is 0.288 e. The number of nitrogens with one attached hydrogen (secondary N) is 1. The molecule has 2 aromatic rings. The van der Waals surface area contributed by atoms with Crippen molar-refractivity contribution in [1.82, 2.24) is 0 Å². The topological polar surface area (TPSA) is 111 Å². The fourth-order valence-electron chi connectivity index (χ4n) is 4.53. The molecule has 0 fully saturated rings. The van der Waals surface area contributed by atoms with Crippen LogP contribution in [0, 0.1) is 16.0 Å². The van der Waals surface area contributed by atoms with Gasteiger partial charge in [-0.3, -0.25) is 24.7 Å². The Morgan fingerprint density at radius 3 is 2.73 bits per heavy atom. The van der Waals surface area contributed by atoms with E-state index in [0.29, 0.717) is 53.2 Å². The van der Waals surface area contributed by atoms with Crippen molar-refractivity contribution in [2.45, 2.75) is 32.1 Å². The molecule has 0 aromatic heterocycles. The van der Waals surface area contributed by atoms with Gasteiger partial charge in [0.15, 0.2) is 5.78 Å². The number of ketones is 1. The van der Waals surface area contributed by atoms with Crippen molar-refractivity contribution >= 4 is 40.4 Å². The highest BCUT2D eigenvalue weighted by Crippen LogP contribution is 2.45. The Kier molecular flexibility index (Phi) is 6.29. The first kappa shape index (κ1) is 22.7. The van der Waals surface area contributed by atoms with Gasteiger partial charge < -0.3 is 10.1 Å². The lowest BCUT2D eigenvalue weighted by molar-refractivity contribution is -0.384. The molecule has 0 bridgehead atoms. The number of allylic oxidation sites excluding steroid dienone is 2. The van der Waals surface area contributed by atoms with Gasteiger partial charge in [0.05, 0.1) is 23.6 Å². The van der Waals surface area contributed by atoms with Gasteiger partial charge in [-0.15, -0.1) is 0 Å². The van der Waals surface area contributed by atoms with E-state index < -0.39 is 16.8 Å². The molecule has 0 spiro atoms. The molecule has 33 heavy (non-hydrogen) atoms. The van der Waals surface area contributed by atoms with Gasteiger partial charge in [0.25, 0.3) is 5.69 Å². The van der Waals surface area contributed by atoms with Gasteiger partial charge in [-0.1, -0.05) is 29.8 Å².